The van der Waals surface area contributed by atoms with E-state index in [2.05, 4.69) is 0 Å². The maximum absolute atomic E-state index is 13.0. The van der Waals surface area contributed by atoms with Crippen molar-refractivity contribution in [1.29, 1.82) is 0 Å². The first-order valence-electron chi connectivity index (χ1n) is 10.2. The molecule has 1 fully saturated rings. The van der Waals surface area contributed by atoms with Crippen LogP contribution in [0, 0.1) is 6.92 Å². The van der Waals surface area contributed by atoms with Gasteiger partial charge in [-0.05, 0) is 51.7 Å². The first kappa shape index (κ1) is 22.8. The van der Waals surface area contributed by atoms with Crippen LogP contribution in [0.25, 0.3) is 5.76 Å². The number of likely N-dealkylation sites (tertiary alicyclic amines) is 1. The number of Topliss-reactive ketones (excluding diaryl/α,β-unsaturated/α-hetero) is 1. The Bertz CT molecular complexity index is 1010. The van der Waals surface area contributed by atoms with E-state index < -0.39 is 17.7 Å². The summed E-state index contributed by atoms with van der Waals surface area (Å²) in [5.74, 6) is -1.08. The first-order chi connectivity index (χ1) is 14.7. The lowest BCUT2D eigenvalue weighted by Crippen LogP contribution is -2.35. The van der Waals surface area contributed by atoms with Crippen LogP contribution in [-0.4, -0.2) is 60.4 Å². The Labute approximate surface area is 187 Å². The van der Waals surface area contributed by atoms with Gasteiger partial charge in [-0.3, -0.25) is 9.59 Å². The van der Waals surface area contributed by atoms with E-state index >= 15 is 0 Å². The van der Waals surface area contributed by atoms with Gasteiger partial charge in [-0.2, -0.15) is 0 Å². The van der Waals surface area contributed by atoms with E-state index in [0.717, 1.165) is 11.1 Å². The lowest BCUT2D eigenvalue weighted by atomic mass is 9.94. The Morgan fingerprint density at radius 2 is 1.84 bits per heavy atom. The summed E-state index contributed by atoms with van der Waals surface area (Å²) in [7, 11) is 3.80. The molecule has 2 aromatic rings. The van der Waals surface area contributed by atoms with Gasteiger partial charge >= 0.3 is 0 Å². The van der Waals surface area contributed by atoms with Gasteiger partial charge in [0.15, 0.2) is 0 Å². The molecule has 2 aromatic carbocycles. The molecule has 164 valence electrons. The molecular formula is C24H27ClN2O4. The quantitative estimate of drug-likeness (QED) is 0.398. The van der Waals surface area contributed by atoms with Gasteiger partial charge < -0.3 is 19.6 Å². The molecule has 1 aliphatic rings. The third kappa shape index (κ3) is 4.75. The number of benzene rings is 2. The predicted molar refractivity (Wildman–Crippen MR) is 121 cm³/mol. The van der Waals surface area contributed by atoms with Gasteiger partial charge in [-0.15, -0.1) is 0 Å². The first-order valence-corrected chi connectivity index (χ1v) is 10.5. The molecule has 0 saturated carbocycles. The zero-order valence-electron chi connectivity index (χ0n) is 18.2. The molecule has 6 nitrogen and oxygen atoms in total. The summed E-state index contributed by atoms with van der Waals surface area (Å²) in [6.45, 7) is 5.21. The summed E-state index contributed by atoms with van der Waals surface area (Å²) in [5.41, 5.74) is 2.25. The van der Waals surface area contributed by atoms with E-state index in [1.807, 2.05) is 57.1 Å². The summed E-state index contributed by atoms with van der Waals surface area (Å²) < 4.78 is 5.44. The number of carbonyl (C=O) groups is 2. The Hall–Kier alpha value is -2.83. The maximum Gasteiger partial charge on any atom is 0.295 e. The topological polar surface area (TPSA) is 70.1 Å². The van der Waals surface area contributed by atoms with Crippen molar-refractivity contribution in [3.05, 3.63) is 69.8 Å². The lowest BCUT2D eigenvalue weighted by molar-refractivity contribution is -0.140. The summed E-state index contributed by atoms with van der Waals surface area (Å²) in [5, 5.41) is 11.4. The van der Waals surface area contributed by atoms with Crippen LogP contribution >= 0.6 is 11.6 Å². The fraction of sp³-hybridized carbons (Fsp3) is 0.333. The number of carbonyl (C=O) groups excluding carboxylic acids is 2. The second kappa shape index (κ2) is 9.54. The van der Waals surface area contributed by atoms with Crippen LogP contribution in [0.3, 0.4) is 0 Å². The molecule has 0 bridgehead atoms. The van der Waals surface area contributed by atoms with Crippen LogP contribution in [0.15, 0.2) is 48.0 Å². The van der Waals surface area contributed by atoms with Crippen molar-refractivity contribution in [2.75, 3.05) is 33.8 Å². The largest absolute Gasteiger partial charge is 0.507 e. The molecule has 1 saturated heterocycles. The van der Waals surface area contributed by atoms with Crippen LogP contribution in [0.1, 0.15) is 29.7 Å². The highest BCUT2D eigenvalue weighted by Gasteiger charge is 2.45. The number of amides is 1. The number of aliphatic hydroxyl groups excluding tert-OH is 1. The number of nitrogens with zero attached hydrogens (tertiary/aromatic N) is 2. The standard InChI is InChI=1S/C24H27ClN2O4/c1-5-31-19-11-10-17(14-18(19)25)22(28)20-21(16-8-6-15(2)7-9-16)27(13-12-26(3)4)24(30)23(20)29/h6-11,14,21,28H,5,12-13H2,1-4H3/t21-/m0/s1. The van der Waals surface area contributed by atoms with Gasteiger partial charge in [0.2, 0.25) is 0 Å². The fourth-order valence-electron chi connectivity index (χ4n) is 3.59. The molecule has 1 atom stereocenters. The van der Waals surface area contributed by atoms with Crippen molar-refractivity contribution >= 4 is 29.1 Å². The third-order valence-corrected chi connectivity index (χ3v) is 5.52. The van der Waals surface area contributed by atoms with Crippen molar-refractivity contribution < 1.29 is 19.4 Å². The molecule has 31 heavy (non-hydrogen) atoms. The van der Waals surface area contributed by atoms with Crippen LogP contribution in [0.2, 0.25) is 5.02 Å². The van der Waals surface area contributed by atoms with Gasteiger partial charge in [0.25, 0.3) is 11.7 Å². The molecule has 0 unspecified atom stereocenters. The monoisotopic (exact) mass is 442 g/mol. The van der Waals surface area contributed by atoms with Crippen LogP contribution in [0.5, 0.6) is 5.75 Å². The summed E-state index contributed by atoms with van der Waals surface area (Å²) in [4.78, 5) is 29.4. The number of ether oxygens (including phenoxy) is 1. The Balaban J connectivity index is 2.12. The molecule has 3 rings (SSSR count). The Morgan fingerprint density at radius 3 is 2.42 bits per heavy atom. The normalized spacial score (nSPS) is 18.1. The van der Waals surface area contributed by atoms with Crippen molar-refractivity contribution in [3.8, 4) is 5.75 Å². The second-order valence-corrected chi connectivity index (χ2v) is 8.19. The molecule has 0 radical (unpaired) electrons. The minimum atomic E-state index is -0.702. The highest BCUT2D eigenvalue weighted by atomic mass is 35.5. The molecule has 0 spiro atoms. The van der Waals surface area contributed by atoms with Crippen molar-refractivity contribution in [2.24, 2.45) is 0 Å². The van der Waals surface area contributed by atoms with Crippen LogP contribution < -0.4 is 4.74 Å². The lowest BCUT2D eigenvalue weighted by Gasteiger charge is -2.26. The van der Waals surface area contributed by atoms with Gasteiger partial charge in [0.1, 0.15) is 11.5 Å². The maximum atomic E-state index is 13.0. The SMILES string of the molecule is CCOc1ccc(C(O)=C2C(=O)C(=O)N(CCN(C)C)[C@H]2c2ccc(C)cc2)cc1Cl. The van der Waals surface area contributed by atoms with E-state index in [1.54, 1.807) is 18.2 Å². The average Bonchev–Trinajstić information content (AvgIpc) is 2.98. The second-order valence-electron chi connectivity index (χ2n) is 7.78. The third-order valence-electron chi connectivity index (χ3n) is 5.23. The zero-order valence-corrected chi connectivity index (χ0v) is 18.9. The highest BCUT2D eigenvalue weighted by molar-refractivity contribution is 6.46. The summed E-state index contributed by atoms with van der Waals surface area (Å²) >= 11 is 6.28. The van der Waals surface area contributed by atoms with Crippen molar-refractivity contribution in [1.82, 2.24) is 9.80 Å². The number of aryl methyl sites for hydroxylation is 1. The van der Waals surface area contributed by atoms with Gasteiger partial charge in [-0.25, -0.2) is 0 Å². The van der Waals surface area contributed by atoms with Crippen LogP contribution in [0.4, 0.5) is 0 Å². The summed E-state index contributed by atoms with van der Waals surface area (Å²) in [6, 6.07) is 11.8. The molecule has 0 aliphatic carbocycles. The number of aliphatic hydroxyl groups is 1. The van der Waals surface area contributed by atoms with Crippen molar-refractivity contribution in [2.45, 2.75) is 19.9 Å². The van der Waals surface area contributed by atoms with Crippen molar-refractivity contribution in [3.63, 3.8) is 0 Å². The molecule has 7 heteroatoms. The van der Waals surface area contributed by atoms with Gasteiger partial charge in [-0.1, -0.05) is 41.4 Å². The Morgan fingerprint density at radius 1 is 1.16 bits per heavy atom. The molecule has 0 aromatic heterocycles. The number of ketones is 1. The van der Waals surface area contributed by atoms with Gasteiger partial charge in [0, 0.05) is 18.7 Å². The Kier molecular flexibility index (Phi) is 7.03. The van der Waals surface area contributed by atoms with E-state index in [4.69, 9.17) is 16.3 Å². The predicted octanol–water partition coefficient (Wildman–Crippen LogP) is 4.03. The number of rotatable bonds is 7. The van der Waals surface area contributed by atoms with E-state index in [-0.39, 0.29) is 11.3 Å². The molecule has 1 amide bonds. The highest BCUT2D eigenvalue weighted by Crippen LogP contribution is 2.40. The molecular weight excluding hydrogens is 416 g/mol. The minimum Gasteiger partial charge on any atom is -0.507 e. The molecule has 1 N–H and O–H groups in total. The number of hydrogen-bond donors (Lipinski definition) is 1. The van der Waals surface area contributed by atoms with Crippen LogP contribution in [-0.2, 0) is 9.59 Å². The van der Waals surface area contributed by atoms with E-state index in [1.165, 1.54) is 4.90 Å². The van der Waals surface area contributed by atoms with E-state index in [9.17, 15) is 14.7 Å². The number of halogens is 1. The number of hydrogen-bond acceptors (Lipinski definition) is 5. The fourth-order valence-corrected chi connectivity index (χ4v) is 3.82. The molecule has 1 heterocycles. The van der Waals surface area contributed by atoms with Gasteiger partial charge in [0.05, 0.1) is 23.2 Å². The number of likely N-dealkylation sites (N-methyl/N-ethyl adjacent to an activating group) is 1. The van der Waals surface area contributed by atoms with E-state index in [0.29, 0.717) is 36.0 Å². The minimum absolute atomic E-state index is 0.0628. The summed E-state index contributed by atoms with van der Waals surface area (Å²) in [6.07, 6.45) is 0. The molecule has 1 aliphatic heterocycles. The smallest absolute Gasteiger partial charge is 0.295 e. The average molecular weight is 443 g/mol. The zero-order chi connectivity index (χ0) is 22.7.